The molecule has 0 aliphatic heterocycles. The van der Waals surface area contributed by atoms with Gasteiger partial charge in [-0.25, -0.2) is 4.79 Å². The summed E-state index contributed by atoms with van der Waals surface area (Å²) in [7, 11) is 0. The number of likely N-dealkylation sites (N-methyl/N-ethyl adjacent to an activating group) is 1. The van der Waals surface area contributed by atoms with E-state index in [-0.39, 0.29) is 17.3 Å². The summed E-state index contributed by atoms with van der Waals surface area (Å²) in [6, 6.07) is 6.02. The van der Waals surface area contributed by atoms with E-state index in [0.29, 0.717) is 6.54 Å². The first-order valence-electron chi connectivity index (χ1n) is 11.3. The maximum atomic E-state index is 12.8. The molecule has 168 valence electrons. The number of hydrogen-bond acceptors (Lipinski definition) is 5. The van der Waals surface area contributed by atoms with Crippen LogP contribution in [0.2, 0.25) is 0 Å². The van der Waals surface area contributed by atoms with E-state index in [0.717, 1.165) is 78.4 Å². The summed E-state index contributed by atoms with van der Waals surface area (Å²) >= 11 is 1.38. The van der Waals surface area contributed by atoms with Gasteiger partial charge in [-0.3, -0.25) is 9.36 Å². The lowest BCUT2D eigenvalue weighted by Gasteiger charge is -2.24. The summed E-state index contributed by atoms with van der Waals surface area (Å²) < 4.78 is 1.87. The Bertz CT molecular complexity index is 982. The summed E-state index contributed by atoms with van der Waals surface area (Å²) in [5, 5.41) is 3.73. The van der Waals surface area contributed by atoms with Crippen LogP contribution in [0.15, 0.2) is 28.0 Å². The Balaban J connectivity index is 1.74. The van der Waals surface area contributed by atoms with Crippen molar-refractivity contribution in [3.05, 3.63) is 51.1 Å². The number of hydrogen-bond donors (Lipinski definition) is 1. The molecule has 0 saturated carbocycles. The smallest absolute Gasteiger partial charge is 0.325 e. The zero-order valence-corrected chi connectivity index (χ0v) is 20.0. The molecule has 3 rings (SSSR count). The van der Waals surface area contributed by atoms with Gasteiger partial charge in [0, 0.05) is 30.0 Å². The molecule has 6 nitrogen and oxygen atoms in total. The Morgan fingerprint density at radius 1 is 1.19 bits per heavy atom. The monoisotopic (exact) mass is 442 g/mol. The van der Waals surface area contributed by atoms with Gasteiger partial charge in [0.2, 0.25) is 5.91 Å². The molecule has 0 radical (unpaired) electrons. The second-order valence-electron chi connectivity index (χ2n) is 8.17. The highest BCUT2D eigenvalue weighted by Crippen LogP contribution is 2.28. The second-order valence-corrected chi connectivity index (χ2v) is 9.13. The summed E-state index contributed by atoms with van der Waals surface area (Å²) in [6.07, 6.45) is 4.03. The number of carbonyl (C=O) groups excluding carboxylic acids is 1. The van der Waals surface area contributed by atoms with E-state index in [1.54, 1.807) is 0 Å². The minimum atomic E-state index is -0.190. The Kier molecular flexibility index (Phi) is 8.32. The Morgan fingerprint density at radius 3 is 2.68 bits per heavy atom. The highest BCUT2D eigenvalue weighted by atomic mass is 32.2. The lowest BCUT2D eigenvalue weighted by atomic mass is 9.97. The van der Waals surface area contributed by atoms with E-state index >= 15 is 0 Å². The van der Waals surface area contributed by atoms with Crippen LogP contribution in [0.4, 0.5) is 5.69 Å². The molecule has 1 N–H and O–H groups in total. The predicted octanol–water partition coefficient (Wildman–Crippen LogP) is 3.81. The number of rotatable bonds is 9. The van der Waals surface area contributed by atoms with E-state index < -0.39 is 0 Å². The number of nitrogens with zero attached hydrogens (tertiary/aromatic N) is 3. The fraction of sp³-hybridized carbons (Fsp3) is 0.542. The van der Waals surface area contributed by atoms with Crippen LogP contribution in [0.3, 0.4) is 0 Å². The van der Waals surface area contributed by atoms with Gasteiger partial charge in [-0.2, -0.15) is 4.98 Å². The van der Waals surface area contributed by atoms with E-state index in [4.69, 9.17) is 0 Å². The van der Waals surface area contributed by atoms with Gasteiger partial charge in [0.25, 0.3) is 0 Å². The molecule has 1 heterocycles. The first-order valence-corrected chi connectivity index (χ1v) is 12.3. The van der Waals surface area contributed by atoms with Crippen molar-refractivity contribution in [1.82, 2.24) is 14.5 Å². The van der Waals surface area contributed by atoms with Crippen LogP contribution in [0, 0.1) is 13.8 Å². The van der Waals surface area contributed by atoms with Crippen LogP contribution < -0.4 is 11.0 Å². The Hall–Kier alpha value is -2.12. The molecule has 1 aromatic carbocycles. The van der Waals surface area contributed by atoms with Crippen molar-refractivity contribution in [3.8, 4) is 0 Å². The first kappa shape index (κ1) is 23.5. The van der Waals surface area contributed by atoms with Gasteiger partial charge in [-0.15, -0.1) is 0 Å². The number of benzene rings is 1. The van der Waals surface area contributed by atoms with E-state index in [9.17, 15) is 9.59 Å². The molecule has 1 amide bonds. The average molecular weight is 443 g/mol. The third-order valence-corrected chi connectivity index (χ3v) is 7.01. The minimum Gasteiger partial charge on any atom is -0.325 e. The molecule has 0 spiro atoms. The number of fused-ring (bicyclic) bond motifs is 1. The van der Waals surface area contributed by atoms with Crippen molar-refractivity contribution in [2.24, 2.45) is 0 Å². The van der Waals surface area contributed by atoms with E-state index in [1.165, 1.54) is 11.8 Å². The van der Waals surface area contributed by atoms with Crippen molar-refractivity contribution >= 4 is 23.4 Å². The van der Waals surface area contributed by atoms with Crippen LogP contribution in [0.5, 0.6) is 0 Å². The molecular weight excluding hydrogens is 408 g/mol. The highest BCUT2D eigenvalue weighted by Gasteiger charge is 2.21. The number of aromatic nitrogens is 2. The Morgan fingerprint density at radius 2 is 1.94 bits per heavy atom. The van der Waals surface area contributed by atoms with Gasteiger partial charge in [0.05, 0.1) is 5.75 Å². The average Bonchev–Trinajstić information content (AvgIpc) is 2.76. The molecule has 1 aliphatic carbocycles. The quantitative estimate of drug-likeness (QED) is 0.472. The van der Waals surface area contributed by atoms with E-state index in [2.05, 4.69) is 29.0 Å². The fourth-order valence-electron chi connectivity index (χ4n) is 4.07. The molecule has 0 unspecified atom stereocenters. The van der Waals surface area contributed by atoms with Crippen LogP contribution in [-0.4, -0.2) is 45.7 Å². The fourth-order valence-corrected chi connectivity index (χ4v) is 4.95. The van der Waals surface area contributed by atoms with E-state index in [1.807, 2.05) is 36.6 Å². The molecule has 7 heteroatoms. The van der Waals surface area contributed by atoms with Crippen LogP contribution in [-0.2, 0) is 24.2 Å². The van der Waals surface area contributed by atoms with Crippen molar-refractivity contribution < 1.29 is 4.79 Å². The summed E-state index contributed by atoms with van der Waals surface area (Å²) in [6.45, 7) is 11.8. The summed E-state index contributed by atoms with van der Waals surface area (Å²) in [4.78, 5) is 32.1. The van der Waals surface area contributed by atoms with Crippen molar-refractivity contribution in [1.29, 1.82) is 0 Å². The van der Waals surface area contributed by atoms with Gasteiger partial charge >= 0.3 is 5.69 Å². The predicted molar refractivity (Wildman–Crippen MR) is 128 cm³/mol. The number of anilines is 1. The number of nitrogens with one attached hydrogen (secondary N) is 1. The topological polar surface area (TPSA) is 67.2 Å². The maximum Gasteiger partial charge on any atom is 0.348 e. The summed E-state index contributed by atoms with van der Waals surface area (Å²) in [5.74, 6) is 0.172. The number of amides is 1. The van der Waals surface area contributed by atoms with Gasteiger partial charge < -0.3 is 10.2 Å². The second kappa shape index (κ2) is 11.0. The number of carbonyl (C=O) groups is 1. The molecule has 0 fully saturated rings. The largest absolute Gasteiger partial charge is 0.348 e. The number of thioether (sulfide) groups is 1. The van der Waals surface area contributed by atoms with Crippen LogP contribution >= 0.6 is 11.8 Å². The Labute approximate surface area is 189 Å². The molecule has 0 bridgehead atoms. The molecule has 2 aromatic rings. The lowest BCUT2D eigenvalue weighted by molar-refractivity contribution is -0.113. The third-order valence-electron chi connectivity index (χ3n) is 5.99. The molecule has 1 aliphatic rings. The van der Waals surface area contributed by atoms with Crippen molar-refractivity contribution in [2.75, 3.05) is 30.7 Å². The zero-order valence-electron chi connectivity index (χ0n) is 19.2. The highest BCUT2D eigenvalue weighted by molar-refractivity contribution is 8.00. The lowest BCUT2D eigenvalue weighted by Crippen LogP contribution is -2.35. The molecule has 0 saturated heterocycles. The minimum absolute atomic E-state index is 0.0734. The van der Waals surface area contributed by atoms with Gasteiger partial charge in [0.15, 0.2) is 0 Å². The zero-order chi connectivity index (χ0) is 22.4. The maximum absolute atomic E-state index is 12.8. The SMILES string of the molecule is CCN(CC)CCn1c2c(c(SCC(=O)Nc3cc(C)ccc3C)nc1=O)CCCC2. The molecular formula is C24H34N4O2S. The number of aryl methyl sites for hydroxylation is 2. The van der Waals surface area contributed by atoms with Crippen molar-refractivity contribution in [2.45, 2.75) is 64.9 Å². The van der Waals surface area contributed by atoms with Gasteiger partial charge in [-0.1, -0.05) is 37.7 Å². The molecule has 31 heavy (non-hydrogen) atoms. The van der Waals surface area contributed by atoms with Gasteiger partial charge in [-0.05, 0) is 69.8 Å². The molecule has 1 aromatic heterocycles. The van der Waals surface area contributed by atoms with Crippen molar-refractivity contribution in [3.63, 3.8) is 0 Å². The van der Waals surface area contributed by atoms with Gasteiger partial charge in [0.1, 0.15) is 5.03 Å². The van der Waals surface area contributed by atoms with Crippen LogP contribution in [0.25, 0.3) is 0 Å². The third kappa shape index (κ3) is 5.98. The normalized spacial score (nSPS) is 13.3. The first-order chi connectivity index (χ1) is 14.9. The molecule has 0 atom stereocenters. The standard InChI is InChI=1S/C24H34N4O2S/c1-5-27(6-2)13-14-28-21-10-8-7-9-19(21)23(26-24(28)30)31-16-22(29)25-20-15-17(3)11-12-18(20)4/h11-12,15H,5-10,13-14,16H2,1-4H3,(H,25,29). The van der Waals surface area contributed by atoms with Crippen LogP contribution in [0.1, 0.15) is 49.1 Å². The summed E-state index contributed by atoms with van der Waals surface area (Å²) in [5.41, 5.74) is 5.08.